The van der Waals surface area contributed by atoms with Crippen molar-refractivity contribution in [3.63, 3.8) is 0 Å². The van der Waals surface area contributed by atoms with Gasteiger partial charge in [0.1, 0.15) is 5.69 Å². The third kappa shape index (κ3) is 3.80. The summed E-state index contributed by atoms with van der Waals surface area (Å²) in [4.78, 5) is 14.2. The van der Waals surface area contributed by atoms with Crippen molar-refractivity contribution in [2.24, 2.45) is 13.0 Å². The van der Waals surface area contributed by atoms with Crippen LogP contribution in [0.2, 0.25) is 0 Å². The van der Waals surface area contributed by atoms with Crippen LogP contribution in [0.25, 0.3) is 0 Å². The summed E-state index contributed by atoms with van der Waals surface area (Å²) in [5, 5.41) is 4.04. The Labute approximate surface area is 119 Å². The lowest BCUT2D eigenvalue weighted by molar-refractivity contribution is 0.0325. The molecule has 2 rings (SSSR count). The molecule has 1 amide bonds. The summed E-state index contributed by atoms with van der Waals surface area (Å²) in [5.74, 6) is 0.617. The monoisotopic (exact) mass is 281 g/mol. The molecule has 0 bridgehead atoms. The van der Waals surface area contributed by atoms with Gasteiger partial charge >= 0.3 is 0 Å². The lowest BCUT2D eigenvalue weighted by Gasteiger charge is -2.31. The maximum Gasteiger partial charge on any atom is 0.272 e. The summed E-state index contributed by atoms with van der Waals surface area (Å²) >= 11 is 0. The van der Waals surface area contributed by atoms with E-state index in [1.807, 2.05) is 4.90 Å². The van der Waals surface area contributed by atoms with E-state index in [0.29, 0.717) is 24.8 Å². The van der Waals surface area contributed by atoms with Gasteiger partial charge < -0.3 is 14.4 Å². The molecule has 1 aromatic rings. The van der Waals surface area contributed by atoms with Gasteiger partial charge in [0.2, 0.25) is 0 Å². The summed E-state index contributed by atoms with van der Waals surface area (Å²) in [6.45, 7) is 3.63. The first-order valence-corrected chi connectivity index (χ1v) is 7.06. The van der Waals surface area contributed by atoms with Crippen LogP contribution in [-0.4, -0.2) is 60.6 Å². The average molecular weight is 281 g/mol. The third-order valence-electron chi connectivity index (χ3n) is 3.73. The van der Waals surface area contributed by atoms with E-state index in [0.717, 1.165) is 32.5 Å². The Balaban J connectivity index is 1.74. The van der Waals surface area contributed by atoms with Gasteiger partial charge in [0.25, 0.3) is 5.91 Å². The van der Waals surface area contributed by atoms with Gasteiger partial charge in [-0.3, -0.25) is 9.48 Å². The molecule has 0 N–H and O–H groups in total. The number of ether oxygens (including phenoxy) is 2. The summed E-state index contributed by atoms with van der Waals surface area (Å²) in [5.41, 5.74) is 0.653. The second kappa shape index (κ2) is 7.40. The summed E-state index contributed by atoms with van der Waals surface area (Å²) < 4.78 is 12.1. The zero-order chi connectivity index (χ0) is 14.4. The maximum absolute atomic E-state index is 12.3. The molecule has 6 heteroatoms. The fraction of sp³-hybridized carbons (Fsp3) is 0.714. The van der Waals surface area contributed by atoms with Gasteiger partial charge in [0, 0.05) is 40.1 Å². The standard InChI is InChI=1S/C14H23N3O3/c1-16-13(3-6-15-16)14(18)17-7-4-12(5-8-17)11-20-10-9-19-2/h3,6,12H,4-5,7-11H2,1-2H3. The van der Waals surface area contributed by atoms with E-state index < -0.39 is 0 Å². The lowest BCUT2D eigenvalue weighted by Crippen LogP contribution is -2.40. The molecule has 1 fully saturated rings. The molecular weight excluding hydrogens is 258 g/mol. The minimum Gasteiger partial charge on any atom is -0.382 e. The lowest BCUT2D eigenvalue weighted by atomic mass is 9.97. The smallest absolute Gasteiger partial charge is 0.272 e. The number of aryl methyl sites for hydroxylation is 1. The number of aromatic nitrogens is 2. The number of piperidine rings is 1. The number of hydrogen-bond donors (Lipinski definition) is 0. The molecule has 20 heavy (non-hydrogen) atoms. The SMILES string of the molecule is COCCOCC1CCN(C(=O)c2ccnn2C)CC1. The molecule has 1 aromatic heterocycles. The molecule has 0 atom stereocenters. The van der Waals surface area contributed by atoms with Gasteiger partial charge in [-0.2, -0.15) is 5.10 Å². The number of rotatable bonds is 6. The minimum atomic E-state index is 0.0729. The van der Waals surface area contributed by atoms with Crippen molar-refractivity contribution in [3.05, 3.63) is 18.0 Å². The van der Waals surface area contributed by atoms with Crippen molar-refractivity contribution in [1.29, 1.82) is 0 Å². The highest BCUT2D eigenvalue weighted by molar-refractivity contribution is 5.92. The van der Waals surface area contributed by atoms with Crippen LogP contribution in [0.1, 0.15) is 23.3 Å². The van der Waals surface area contributed by atoms with Crippen LogP contribution in [0.3, 0.4) is 0 Å². The van der Waals surface area contributed by atoms with E-state index in [-0.39, 0.29) is 5.91 Å². The molecule has 0 aromatic carbocycles. The molecular formula is C14H23N3O3. The van der Waals surface area contributed by atoms with Crippen molar-refractivity contribution < 1.29 is 14.3 Å². The Morgan fingerprint density at radius 1 is 1.40 bits per heavy atom. The fourth-order valence-electron chi connectivity index (χ4n) is 2.44. The summed E-state index contributed by atoms with van der Waals surface area (Å²) in [6, 6.07) is 1.77. The number of hydrogen-bond acceptors (Lipinski definition) is 4. The van der Waals surface area contributed by atoms with Crippen LogP contribution >= 0.6 is 0 Å². The number of likely N-dealkylation sites (tertiary alicyclic amines) is 1. The highest BCUT2D eigenvalue weighted by atomic mass is 16.5. The van der Waals surface area contributed by atoms with Gasteiger partial charge in [-0.15, -0.1) is 0 Å². The number of carbonyl (C=O) groups excluding carboxylic acids is 1. The molecule has 0 radical (unpaired) electrons. The topological polar surface area (TPSA) is 56.6 Å². The quantitative estimate of drug-likeness (QED) is 0.728. The van der Waals surface area contributed by atoms with E-state index >= 15 is 0 Å². The Morgan fingerprint density at radius 2 is 2.15 bits per heavy atom. The Morgan fingerprint density at radius 3 is 2.75 bits per heavy atom. The van der Waals surface area contributed by atoms with E-state index in [1.165, 1.54) is 0 Å². The molecule has 0 unspecified atom stereocenters. The molecule has 112 valence electrons. The van der Waals surface area contributed by atoms with Crippen molar-refractivity contribution in [2.45, 2.75) is 12.8 Å². The normalized spacial score (nSPS) is 16.6. The van der Waals surface area contributed by atoms with Crippen molar-refractivity contribution in [1.82, 2.24) is 14.7 Å². The van der Waals surface area contributed by atoms with Gasteiger partial charge in [0.15, 0.2) is 0 Å². The zero-order valence-corrected chi connectivity index (χ0v) is 12.2. The predicted octanol–water partition coefficient (Wildman–Crippen LogP) is 0.935. The second-order valence-electron chi connectivity index (χ2n) is 5.14. The van der Waals surface area contributed by atoms with Crippen LogP contribution in [0.15, 0.2) is 12.3 Å². The first-order chi connectivity index (χ1) is 9.72. The van der Waals surface area contributed by atoms with Crippen molar-refractivity contribution >= 4 is 5.91 Å². The highest BCUT2D eigenvalue weighted by Crippen LogP contribution is 2.19. The van der Waals surface area contributed by atoms with Crippen LogP contribution in [0.5, 0.6) is 0 Å². The first-order valence-electron chi connectivity index (χ1n) is 7.06. The minimum absolute atomic E-state index is 0.0729. The molecule has 0 spiro atoms. The first kappa shape index (κ1) is 15.0. The van der Waals surface area contributed by atoms with Gasteiger partial charge in [-0.1, -0.05) is 0 Å². The molecule has 6 nitrogen and oxygen atoms in total. The number of amides is 1. The van der Waals surface area contributed by atoms with Crippen LogP contribution < -0.4 is 0 Å². The number of carbonyl (C=O) groups is 1. The number of methoxy groups -OCH3 is 1. The molecule has 1 aliphatic heterocycles. The van der Waals surface area contributed by atoms with Crippen LogP contribution in [0, 0.1) is 5.92 Å². The molecule has 1 aliphatic rings. The van der Waals surface area contributed by atoms with E-state index in [2.05, 4.69) is 5.10 Å². The Hall–Kier alpha value is -1.40. The average Bonchev–Trinajstić information content (AvgIpc) is 2.90. The largest absolute Gasteiger partial charge is 0.382 e. The number of nitrogens with zero attached hydrogens (tertiary/aromatic N) is 3. The third-order valence-corrected chi connectivity index (χ3v) is 3.73. The summed E-state index contributed by atoms with van der Waals surface area (Å²) in [7, 11) is 3.47. The van der Waals surface area contributed by atoms with Gasteiger partial charge in [-0.25, -0.2) is 0 Å². The summed E-state index contributed by atoms with van der Waals surface area (Å²) in [6.07, 6.45) is 3.65. The fourth-order valence-corrected chi connectivity index (χ4v) is 2.44. The van der Waals surface area contributed by atoms with E-state index in [9.17, 15) is 4.79 Å². The van der Waals surface area contributed by atoms with Crippen LogP contribution in [0.4, 0.5) is 0 Å². The van der Waals surface area contributed by atoms with E-state index in [1.54, 1.807) is 31.1 Å². The molecule has 0 aliphatic carbocycles. The molecule has 2 heterocycles. The molecule has 1 saturated heterocycles. The maximum atomic E-state index is 12.3. The Bertz CT molecular complexity index is 425. The Kier molecular flexibility index (Phi) is 5.55. The zero-order valence-electron chi connectivity index (χ0n) is 12.2. The van der Waals surface area contributed by atoms with Gasteiger partial charge in [0.05, 0.1) is 13.2 Å². The second-order valence-corrected chi connectivity index (χ2v) is 5.14. The van der Waals surface area contributed by atoms with Crippen LogP contribution in [-0.2, 0) is 16.5 Å². The predicted molar refractivity (Wildman–Crippen MR) is 74.5 cm³/mol. The van der Waals surface area contributed by atoms with E-state index in [4.69, 9.17) is 9.47 Å². The molecule has 0 saturated carbocycles. The van der Waals surface area contributed by atoms with Crippen molar-refractivity contribution in [3.8, 4) is 0 Å². The van der Waals surface area contributed by atoms with Crippen molar-refractivity contribution in [2.75, 3.05) is 40.0 Å². The van der Waals surface area contributed by atoms with Gasteiger partial charge in [-0.05, 0) is 24.8 Å². The highest BCUT2D eigenvalue weighted by Gasteiger charge is 2.25.